The molecule has 1 atom stereocenters. The molecule has 0 saturated heterocycles. The van der Waals surface area contributed by atoms with Gasteiger partial charge in [-0.1, -0.05) is 17.3 Å². The number of nitrogens with zero attached hydrogens (tertiary/aromatic N) is 1. The molecule has 1 aromatic rings. The van der Waals surface area contributed by atoms with E-state index >= 15 is 0 Å². The largest absolute Gasteiger partial charge is 0.493 e. The summed E-state index contributed by atoms with van der Waals surface area (Å²) in [4.78, 5) is 5.08. The van der Waals surface area contributed by atoms with Crippen LogP contribution in [-0.4, -0.2) is 30.1 Å². The molecule has 2 rings (SSSR count). The number of hydrogen-bond donors (Lipinski definition) is 1. The van der Waals surface area contributed by atoms with Crippen molar-refractivity contribution in [3.8, 4) is 5.75 Å². The molecule has 0 aliphatic carbocycles. The summed E-state index contributed by atoms with van der Waals surface area (Å²) >= 11 is 0. The molecule has 0 aromatic heterocycles. The van der Waals surface area contributed by atoms with Gasteiger partial charge in [-0.25, -0.2) is 0 Å². The molecule has 86 valence electrons. The Morgan fingerprint density at radius 2 is 2.31 bits per heavy atom. The molecule has 1 aliphatic heterocycles. The van der Waals surface area contributed by atoms with Gasteiger partial charge in [0.05, 0.1) is 18.9 Å². The van der Waals surface area contributed by atoms with Crippen LogP contribution in [0.2, 0.25) is 0 Å². The highest BCUT2D eigenvalue weighted by molar-refractivity contribution is 6.03. The van der Waals surface area contributed by atoms with E-state index in [2.05, 4.69) is 5.16 Å². The molecule has 1 aliphatic rings. The Hall–Kier alpha value is -1.55. The molecule has 16 heavy (non-hydrogen) atoms. The molecule has 0 fully saturated rings. The summed E-state index contributed by atoms with van der Waals surface area (Å²) in [6.45, 7) is 2.55. The molecular formula is C12H15NO3. The number of para-hydroxylation sites is 1. The van der Waals surface area contributed by atoms with Crippen LogP contribution in [0.25, 0.3) is 0 Å². The summed E-state index contributed by atoms with van der Waals surface area (Å²) in [5.41, 5.74) is 1.78. The summed E-state index contributed by atoms with van der Waals surface area (Å²) < 4.78 is 5.52. The number of aliphatic hydroxyl groups excluding tert-OH is 1. The Labute approximate surface area is 94.5 Å². The average molecular weight is 221 g/mol. The van der Waals surface area contributed by atoms with Crippen molar-refractivity contribution in [2.45, 2.75) is 19.4 Å². The topological polar surface area (TPSA) is 51.0 Å². The van der Waals surface area contributed by atoms with Crippen LogP contribution in [0.15, 0.2) is 29.4 Å². The number of benzene rings is 1. The molecule has 0 amide bonds. The van der Waals surface area contributed by atoms with Crippen molar-refractivity contribution in [3.63, 3.8) is 0 Å². The zero-order valence-electron chi connectivity index (χ0n) is 9.22. The molecule has 0 bridgehead atoms. The van der Waals surface area contributed by atoms with Gasteiger partial charge in [-0.2, -0.15) is 0 Å². The lowest BCUT2D eigenvalue weighted by Crippen LogP contribution is -2.13. The molecule has 0 radical (unpaired) electrons. The van der Waals surface area contributed by atoms with Crippen molar-refractivity contribution in [2.24, 2.45) is 5.16 Å². The molecule has 0 spiro atoms. The quantitative estimate of drug-likeness (QED) is 0.839. The fourth-order valence-electron chi connectivity index (χ4n) is 1.67. The molecular weight excluding hydrogens is 206 g/mol. The fraction of sp³-hybridized carbons (Fsp3) is 0.417. The molecule has 1 unspecified atom stereocenters. The van der Waals surface area contributed by atoms with Crippen LogP contribution in [0, 0.1) is 0 Å². The first-order chi connectivity index (χ1) is 7.85. The summed E-state index contributed by atoms with van der Waals surface area (Å²) in [6.07, 6.45) is 0.408. The molecule has 1 aromatic carbocycles. The zero-order valence-corrected chi connectivity index (χ0v) is 9.22. The highest BCUT2D eigenvalue weighted by Gasteiger charge is 2.23. The van der Waals surface area contributed by atoms with Crippen LogP contribution >= 0.6 is 0 Å². The second kappa shape index (κ2) is 4.99. The van der Waals surface area contributed by atoms with E-state index in [0.29, 0.717) is 13.0 Å². The van der Waals surface area contributed by atoms with Crippen LogP contribution in [0.3, 0.4) is 0 Å². The van der Waals surface area contributed by atoms with E-state index < -0.39 is 0 Å². The van der Waals surface area contributed by atoms with Gasteiger partial charge in [0.2, 0.25) is 0 Å². The van der Waals surface area contributed by atoms with Crippen molar-refractivity contribution in [2.75, 3.05) is 13.2 Å². The highest BCUT2D eigenvalue weighted by Crippen LogP contribution is 2.24. The SMILES string of the molecule is CCOc1ccccc1C1=NOC(CO)C1. The van der Waals surface area contributed by atoms with E-state index in [1.807, 2.05) is 31.2 Å². The summed E-state index contributed by atoms with van der Waals surface area (Å²) in [7, 11) is 0. The number of ether oxygens (including phenoxy) is 1. The van der Waals surface area contributed by atoms with E-state index in [4.69, 9.17) is 14.7 Å². The third-order valence-electron chi connectivity index (χ3n) is 2.43. The maximum Gasteiger partial charge on any atom is 0.156 e. The van der Waals surface area contributed by atoms with E-state index in [0.717, 1.165) is 17.0 Å². The van der Waals surface area contributed by atoms with Crippen LogP contribution < -0.4 is 4.74 Å². The van der Waals surface area contributed by atoms with Crippen molar-refractivity contribution < 1.29 is 14.7 Å². The second-order valence-corrected chi connectivity index (χ2v) is 3.58. The van der Waals surface area contributed by atoms with Gasteiger partial charge in [-0.3, -0.25) is 0 Å². The summed E-state index contributed by atoms with van der Waals surface area (Å²) in [5, 5.41) is 13.0. The first kappa shape index (κ1) is 11.0. The third kappa shape index (κ3) is 2.17. The van der Waals surface area contributed by atoms with E-state index in [9.17, 15) is 0 Å². The van der Waals surface area contributed by atoms with Gasteiger partial charge in [0.25, 0.3) is 0 Å². The highest BCUT2D eigenvalue weighted by atomic mass is 16.6. The van der Waals surface area contributed by atoms with Crippen LogP contribution in [0.1, 0.15) is 18.9 Å². The van der Waals surface area contributed by atoms with Crippen LogP contribution in [-0.2, 0) is 4.84 Å². The Kier molecular flexibility index (Phi) is 3.41. The Balaban J connectivity index is 2.20. The first-order valence-corrected chi connectivity index (χ1v) is 5.41. The first-order valence-electron chi connectivity index (χ1n) is 5.41. The smallest absolute Gasteiger partial charge is 0.156 e. The van der Waals surface area contributed by atoms with Crippen molar-refractivity contribution in [3.05, 3.63) is 29.8 Å². The van der Waals surface area contributed by atoms with E-state index in [-0.39, 0.29) is 12.7 Å². The number of rotatable bonds is 4. The van der Waals surface area contributed by atoms with Gasteiger partial charge in [0.1, 0.15) is 5.75 Å². The van der Waals surface area contributed by atoms with Crippen molar-refractivity contribution in [1.82, 2.24) is 0 Å². The maximum absolute atomic E-state index is 8.97. The molecule has 1 N–H and O–H groups in total. The maximum atomic E-state index is 8.97. The zero-order chi connectivity index (χ0) is 11.4. The van der Waals surface area contributed by atoms with Crippen LogP contribution in [0.5, 0.6) is 5.75 Å². The van der Waals surface area contributed by atoms with Gasteiger partial charge in [0.15, 0.2) is 6.10 Å². The predicted molar refractivity (Wildman–Crippen MR) is 60.7 cm³/mol. The summed E-state index contributed by atoms with van der Waals surface area (Å²) in [6, 6.07) is 7.72. The second-order valence-electron chi connectivity index (χ2n) is 3.58. The Bertz CT molecular complexity index is 390. The van der Waals surface area contributed by atoms with Crippen molar-refractivity contribution >= 4 is 5.71 Å². The number of oxime groups is 1. The Morgan fingerprint density at radius 3 is 3.00 bits per heavy atom. The molecule has 4 heteroatoms. The Morgan fingerprint density at radius 1 is 1.50 bits per heavy atom. The number of aliphatic hydroxyl groups is 1. The summed E-state index contributed by atoms with van der Waals surface area (Å²) in [5.74, 6) is 0.811. The van der Waals surface area contributed by atoms with Gasteiger partial charge < -0.3 is 14.7 Å². The normalized spacial score (nSPS) is 19.1. The van der Waals surface area contributed by atoms with Crippen molar-refractivity contribution in [1.29, 1.82) is 0 Å². The molecule has 4 nitrogen and oxygen atoms in total. The van der Waals surface area contributed by atoms with E-state index in [1.165, 1.54) is 0 Å². The predicted octanol–water partition coefficient (Wildman–Crippen LogP) is 1.57. The fourth-order valence-corrected chi connectivity index (χ4v) is 1.67. The minimum Gasteiger partial charge on any atom is -0.493 e. The van der Waals surface area contributed by atoms with Gasteiger partial charge in [0, 0.05) is 12.0 Å². The van der Waals surface area contributed by atoms with E-state index in [1.54, 1.807) is 0 Å². The minimum atomic E-state index is -0.218. The standard InChI is InChI=1S/C12H15NO3/c1-2-15-12-6-4-3-5-10(12)11-7-9(8-14)16-13-11/h3-6,9,14H,2,7-8H2,1H3. The third-order valence-corrected chi connectivity index (χ3v) is 2.43. The van der Waals surface area contributed by atoms with Crippen LogP contribution in [0.4, 0.5) is 0 Å². The average Bonchev–Trinajstić information content (AvgIpc) is 2.79. The minimum absolute atomic E-state index is 0.0101. The van der Waals surface area contributed by atoms with Gasteiger partial charge in [-0.15, -0.1) is 0 Å². The lowest BCUT2D eigenvalue weighted by molar-refractivity contribution is 0.0390. The van der Waals surface area contributed by atoms with Gasteiger partial charge in [-0.05, 0) is 19.1 Å². The number of hydrogen-bond acceptors (Lipinski definition) is 4. The lowest BCUT2D eigenvalue weighted by Gasteiger charge is -2.08. The molecule has 1 heterocycles. The van der Waals surface area contributed by atoms with Gasteiger partial charge >= 0.3 is 0 Å². The monoisotopic (exact) mass is 221 g/mol. The lowest BCUT2D eigenvalue weighted by atomic mass is 10.0. The molecule has 0 saturated carbocycles.